The molecule has 0 heteroatoms. The summed E-state index contributed by atoms with van der Waals surface area (Å²) in [4.78, 5) is 0. The Morgan fingerprint density at radius 2 is 0.322 bits per heavy atom. The summed E-state index contributed by atoms with van der Waals surface area (Å²) in [5, 5.41) is 0. The molecule has 0 nitrogen and oxygen atoms in total. The molecule has 0 saturated heterocycles. The van der Waals surface area contributed by atoms with Gasteiger partial charge in [0.15, 0.2) is 0 Å². The van der Waals surface area contributed by atoms with Crippen LogP contribution in [0.2, 0.25) is 0 Å². The van der Waals surface area contributed by atoms with Crippen LogP contribution in [0.5, 0.6) is 0 Å². The third kappa shape index (κ3) is 38.2. The van der Waals surface area contributed by atoms with Gasteiger partial charge in [0.2, 0.25) is 0 Å². The van der Waals surface area contributed by atoms with Crippen LogP contribution in [0.15, 0.2) is 0 Å². The van der Waals surface area contributed by atoms with Gasteiger partial charge < -0.3 is 0 Å². The minimum absolute atomic E-state index is 0. The molecule has 0 spiro atoms. The van der Waals surface area contributed by atoms with E-state index in [2.05, 4.69) is 138 Å². The highest BCUT2D eigenvalue weighted by atomic mass is 14.4. The predicted molar refractivity (Wildman–Crippen MR) is 405 cm³/mol. The van der Waals surface area contributed by atoms with Crippen molar-refractivity contribution in [2.45, 2.75) is 442 Å². The van der Waals surface area contributed by atoms with Gasteiger partial charge in [0.05, 0.1) is 0 Å². The van der Waals surface area contributed by atoms with Crippen molar-refractivity contribution < 1.29 is 0 Å². The zero-order valence-electron chi connectivity index (χ0n) is 63.4. The summed E-state index contributed by atoms with van der Waals surface area (Å²) in [5.41, 5.74) is 0. The van der Waals surface area contributed by atoms with Gasteiger partial charge in [-0.1, -0.05) is 410 Å². The second-order valence-electron chi connectivity index (χ2n) is 31.7. The van der Waals surface area contributed by atoms with Gasteiger partial charge in [0.1, 0.15) is 0 Å². The summed E-state index contributed by atoms with van der Waals surface area (Å²) in [7, 11) is 0. The Kier molecular flexibility index (Phi) is 57.7. The second kappa shape index (κ2) is 56.4. The lowest BCUT2D eigenvalue weighted by atomic mass is 9.71. The zero-order valence-corrected chi connectivity index (χ0v) is 63.4. The van der Waals surface area contributed by atoms with Crippen molar-refractivity contribution in [3.05, 3.63) is 0 Å². The summed E-state index contributed by atoms with van der Waals surface area (Å²) in [6.45, 7) is 46.7. The van der Waals surface area contributed by atoms with E-state index in [4.69, 9.17) is 0 Å². The number of rotatable bonds is 15. The van der Waals surface area contributed by atoms with Crippen LogP contribution in [0, 0.1) is 118 Å². The van der Waals surface area contributed by atoms with E-state index in [1.165, 1.54) is 289 Å². The van der Waals surface area contributed by atoms with Crippen molar-refractivity contribution >= 4 is 0 Å². The lowest BCUT2D eigenvalue weighted by Crippen LogP contribution is -2.23. The third-order valence-electron chi connectivity index (χ3n) is 26.7. The monoisotopic (exact) mass is 1220 g/mol. The highest BCUT2D eigenvalue weighted by Gasteiger charge is 2.33. The molecular formula is C87H178. The first-order valence-corrected chi connectivity index (χ1v) is 41.1. The minimum atomic E-state index is 0. The van der Waals surface area contributed by atoms with Gasteiger partial charge in [-0.15, -0.1) is 0 Å². The van der Waals surface area contributed by atoms with E-state index >= 15 is 0 Å². The molecule has 10 saturated carbocycles. The van der Waals surface area contributed by atoms with Gasteiger partial charge in [-0.3, -0.25) is 0 Å². The van der Waals surface area contributed by atoms with Crippen LogP contribution in [-0.4, -0.2) is 0 Å². The molecule has 0 aromatic heterocycles. The van der Waals surface area contributed by atoms with Crippen molar-refractivity contribution in [2.24, 2.45) is 118 Å². The maximum Gasteiger partial charge on any atom is -0.0386 e. The summed E-state index contributed by atoms with van der Waals surface area (Å²) < 4.78 is 0. The SMILES string of the molecule is C.C.CCC1CC1C.CCC1CC1CC.CCC1CCC1C.CCC1CCC1CC.CCC1CCCC1C.CCC1CCCC1CC.CCC1CCCCC1C.CCC1CCCCC1CC.CCC1CCCCCC1C.CCC1CCCCCC1CC. The summed E-state index contributed by atoms with van der Waals surface area (Å²) in [5.74, 6) is 21.3. The van der Waals surface area contributed by atoms with E-state index in [-0.39, 0.29) is 14.9 Å². The zero-order chi connectivity index (χ0) is 63.4. The highest BCUT2D eigenvalue weighted by molar-refractivity contribution is 4.84. The van der Waals surface area contributed by atoms with Gasteiger partial charge in [-0.2, -0.15) is 0 Å². The average Bonchev–Trinajstić information content (AvgIpc) is 4.57. The number of hydrogen-bond acceptors (Lipinski definition) is 0. The molecular weight excluding hydrogens is 1040 g/mol. The molecule has 0 aromatic carbocycles. The van der Waals surface area contributed by atoms with Gasteiger partial charge in [-0.25, -0.2) is 0 Å². The fourth-order valence-corrected chi connectivity index (χ4v) is 18.4. The maximum atomic E-state index is 2.43. The quantitative estimate of drug-likeness (QED) is 0.143. The third-order valence-corrected chi connectivity index (χ3v) is 26.7. The van der Waals surface area contributed by atoms with Crippen LogP contribution in [-0.2, 0) is 0 Å². The van der Waals surface area contributed by atoms with Gasteiger partial charge >= 0.3 is 0 Å². The first-order chi connectivity index (χ1) is 41.1. The van der Waals surface area contributed by atoms with E-state index in [0.717, 1.165) is 118 Å². The van der Waals surface area contributed by atoms with Crippen LogP contribution in [0.4, 0.5) is 0 Å². The Morgan fingerprint density at radius 3 is 0.517 bits per heavy atom. The lowest BCUT2D eigenvalue weighted by Gasteiger charge is -2.35. The molecule has 0 amide bonds. The first-order valence-electron chi connectivity index (χ1n) is 41.1. The molecule has 20 unspecified atom stereocenters. The summed E-state index contributed by atoms with van der Waals surface area (Å²) in [6.07, 6.45) is 66.1. The summed E-state index contributed by atoms with van der Waals surface area (Å²) >= 11 is 0. The standard InChI is InChI=1S/C11H22.2C10H20.2C9H18.2C8H16.2C7H14.C6H12.2CH4/c1-3-10-8-6-5-7-9-11(10)4-2;1-3-10-8-6-4-5-7-9(10)2;1-3-9-7-5-6-8-10(9)4-2;1-3-9-7-5-4-6-8(9)2;1-3-8-6-5-7-9(8)4-2;1-3-8-6-4-5-7(8)2;1-3-7-5-6-8(7)4-2;1-3-7-5-4-6(7)2;1-3-6-5-7(6)4-2;1-3-6-4-5(6)2;;/h10-11H,3-9H2,1-2H3;2*9-10H,3-8H2,1-2H3;2*8-9H,3-7H2,1-2H3;2*7-8H,3-6H2,1-2H3;2*6-7H,3-5H2,1-2H3;5-6H,3-4H2,1-2H3;2*1H4. The van der Waals surface area contributed by atoms with E-state index < -0.39 is 0 Å². The molecule has 0 heterocycles. The lowest BCUT2D eigenvalue weighted by molar-refractivity contribution is 0.165. The maximum absolute atomic E-state index is 2.43. The number of hydrogen-bond donors (Lipinski definition) is 0. The van der Waals surface area contributed by atoms with Gasteiger partial charge in [-0.05, 0) is 150 Å². The van der Waals surface area contributed by atoms with E-state index in [1.54, 1.807) is 0 Å². The molecule has 0 N–H and O–H groups in total. The molecule has 0 aliphatic heterocycles. The van der Waals surface area contributed by atoms with Crippen LogP contribution >= 0.6 is 0 Å². The second-order valence-corrected chi connectivity index (χ2v) is 31.7. The van der Waals surface area contributed by atoms with Crippen LogP contribution in [0.25, 0.3) is 0 Å². The molecule has 0 radical (unpaired) electrons. The van der Waals surface area contributed by atoms with E-state index in [0.29, 0.717) is 0 Å². The van der Waals surface area contributed by atoms with Crippen molar-refractivity contribution in [2.75, 3.05) is 0 Å². The van der Waals surface area contributed by atoms with Crippen molar-refractivity contribution in [3.63, 3.8) is 0 Å². The minimum Gasteiger partial charge on any atom is -0.0776 e. The molecule has 87 heavy (non-hydrogen) atoms. The Balaban J connectivity index is 0. The fourth-order valence-electron chi connectivity index (χ4n) is 18.4. The molecule has 10 rings (SSSR count). The van der Waals surface area contributed by atoms with E-state index in [9.17, 15) is 0 Å². The molecule has 10 fully saturated rings. The fraction of sp³-hybridized carbons (Fsp3) is 1.00. The first kappa shape index (κ1) is 89.1. The van der Waals surface area contributed by atoms with Crippen LogP contribution in [0.3, 0.4) is 0 Å². The Morgan fingerprint density at radius 1 is 0.149 bits per heavy atom. The average molecular weight is 1220 g/mol. The van der Waals surface area contributed by atoms with E-state index in [1.807, 2.05) is 0 Å². The van der Waals surface area contributed by atoms with Crippen LogP contribution in [0.1, 0.15) is 442 Å². The van der Waals surface area contributed by atoms with Crippen molar-refractivity contribution in [1.82, 2.24) is 0 Å². The molecule has 0 aromatic rings. The summed E-state index contributed by atoms with van der Waals surface area (Å²) in [6, 6.07) is 0. The highest BCUT2D eigenvalue weighted by Crippen LogP contribution is 2.44. The van der Waals surface area contributed by atoms with Crippen LogP contribution < -0.4 is 0 Å². The largest absolute Gasteiger partial charge is 0.0776 e. The normalized spacial score (nSPS) is 35.9. The Bertz CT molecular complexity index is 1340. The topological polar surface area (TPSA) is 0 Å². The molecule has 0 bridgehead atoms. The predicted octanol–water partition coefficient (Wildman–Crippen LogP) is 31.5. The molecule has 526 valence electrons. The molecule has 10 aliphatic rings. The molecule has 10 aliphatic carbocycles. The smallest absolute Gasteiger partial charge is 0.0386 e. The molecule has 20 atom stereocenters. The Hall–Kier alpha value is 0. The van der Waals surface area contributed by atoms with Crippen molar-refractivity contribution in [3.8, 4) is 0 Å². The Labute approximate surface area is 557 Å². The van der Waals surface area contributed by atoms with Crippen molar-refractivity contribution in [1.29, 1.82) is 0 Å². The van der Waals surface area contributed by atoms with Gasteiger partial charge in [0.25, 0.3) is 0 Å². The van der Waals surface area contributed by atoms with Gasteiger partial charge in [0, 0.05) is 0 Å².